The lowest BCUT2D eigenvalue weighted by molar-refractivity contribution is -0.141. The summed E-state index contributed by atoms with van der Waals surface area (Å²) in [6, 6.07) is 13.0. The zero-order valence-electron chi connectivity index (χ0n) is 18.7. The van der Waals surface area contributed by atoms with Crippen LogP contribution in [-0.4, -0.2) is 40.3 Å². The Bertz CT molecular complexity index is 1520. The highest BCUT2D eigenvalue weighted by atomic mass is 32.2. The van der Waals surface area contributed by atoms with Gasteiger partial charge in [-0.2, -0.15) is 18.3 Å². The van der Waals surface area contributed by atoms with Crippen molar-refractivity contribution in [3.05, 3.63) is 83.9 Å². The molecule has 13 heteroatoms. The number of alkyl halides is 3. The molecule has 0 bridgehead atoms. The van der Waals surface area contributed by atoms with Crippen LogP contribution in [0, 0.1) is 0 Å². The molecule has 0 unspecified atom stereocenters. The Balaban J connectivity index is 1.60. The van der Waals surface area contributed by atoms with E-state index in [9.17, 15) is 26.4 Å². The lowest BCUT2D eigenvalue weighted by Gasteiger charge is -2.09. The van der Waals surface area contributed by atoms with Crippen LogP contribution in [0.2, 0.25) is 0 Å². The van der Waals surface area contributed by atoms with E-state index in [0.717, 1.165) is 10.9 Å². The van der Waals surface area contributed by atoms with Crippen molar-refractivity contribution in [2.75, 3.05) is 11.6 Å². The summed E-state index contributed by atoms with van der Waals surface area (Å²) >= 11 is 0. The topological polar surface area (TPSA) is 133 Å². The Morgan fingerprint density at radius 3 is 2.28 bits per heavy atom. The minimum absolute atomic E-state index is 0.145. The first-order chi connectivity index (χ1) is 17.0. The summed E-state index contributed by atoms with van der Waals surface area (Å²) in [7, 11) is -3.35. The van der Waals surface area contributed by atoms with Gasteiger partial charge in [-0.15, -0.1) is 0 Å². The number of aromatic nitrogens is 4. The fourth-order valence-corrected chi connectivity index (χ4v) is 3.93. The van der Waals surface area contributed by atoms with E-state index in [-0.39, 0.29) is 28.8 Å². The maximum Gasteiger partial charge on any atom is 0.435 e. The number of hydrogen-bond acceptors (Lipinski definition) is 7. The van der Waals surface area contributed by atoms with E-state index in [4.69, 9.17) is 5.73 Å². The van der Waals surface area contributed by atoms with Gasteiger partial charge in [0.15, 0.2) is 15.5 Å². The van der Waals surface area contributed by atoms with E-state index in [0.29, 0.717) is 22.8 Å². The minimum Gasteiger partial charge on any atom is -0.326 e. The summed E-state index contributed by atoms with van der Waals surface area (Å²) in [5, 5.41) is 5.95. The third-order valence-corrected chi connectivity index (χ3v) is 6.24. The van der Waals surface area contributed by atoms with Crippen LogP contribution < -0.4 is 11.1 Å². The van der Waals surface area contributed by atoms with Gasteiger partial charge in [-0.1, -0.05) is 24.3 Å². The van der Waals surface area contributed by atoms with Crippen LogP contribution >= 0.6 is 0 Å². The molecule has 36 heavy (non-hydrogen) atoms. The van der Waals surface area contributed by atoms with Crippen molar-refractivity contribution in [1.82, 2.24) is 19.7 Å². The second kappa shape index (κ2) is 9.51. The Hall–Kier alpha value is -4.10. The summed E-state index contributed by atoms with van der Waals surface area (Å²) < 4.78 is 64.1. The van der Waals surface area contributed by atoms with Gasteiger partial charge in [0.05, 0.1) is 10.6 Å². The average molecular weight is 517 g/mol. The third-order valence-electron chi connectivity index (χ3n) is 5.12. The second-order valence-corrected chi connectivity index (χ2v) is 9.76. The van der Waals surface area contributed by atoms with E-state index in [1.807, 2.05) is 0 Å². The van der Waals surface area contributed by atoms with Crippen LogP contribution in [-0.2, 0) is 22.6 Å². The van der Waals surface area contributed by atoms with Crippen LogP contribution in [0.5, 0.6) is 0 Å². The Labute approximate surface area is 203 Å². The molecule has 0 saturated heterocycles. The third kappa shape index (κ3) is 5.42. The molecule has 2 aromatic carbocycles. The molecule has 0 aliphatic heterocycles. The molecule has 0 spiro atoms. The second-order valence-electron chi connectivity index (χ2n) is 7.74. The molecule has 0 atom stereocenters. The van der Waals surface area contributed by atoms with Crippen molar-refractivity contribution in [1.29, 1.82) is 0 Å². The van der Waals surface area contributed by atoms with Gasteiger partial charge < -0.3 is 5.73 Å². The molecule has 4 aromatic rings. The highest BCUT2D eigenvalue weighted by Gasteiger charge is 2.36. The highest BCUT2D eigenvalue weighted by molar-refractivity contribution is 7.90. The molecule has 0 fully saturated rings. The summed E-state index contributed by atoms with van der Waals surface area (Å²) in [5.74, 6) is -1.05. The smallest absolute Gasteiger partial charge is 0.326 e. The van der Waals surface area contributed by atoms with Gasteiger partial charge in [0.2, 0.25) is 5.95 Å². The van der Waals surface area contributed by atoms with E-state index >= 15 is 0 Å². The van der Waals surface area contributed by atoms with Crippen molar-refractivity contribution >= 4 is 21.7 Å². The first-order valence-electron chi connectivity index (χ1n) is 10.4. The van der Waals surface area contributed by atoms with Crippen LogP contribution in [0.25, 0.3) is 16.8 Å². The van der Waals surface area contributed by atoms with Gasteiger partial charge in [-0.25, -0.2) is 23.1 Å². The minimum atomic E-state index is -4.77. The lowest BCUT2D eigenvalue weighted by Crippen LogP contribution is -2.18. The van der Waals surface area contributed by atoms with E-state index < -0.39 is 27.6 Å². The van der Waals surface area contributed by atoms with Crippen molar-refractivity contribution in [2.24, 2.45) is 5.73 Å². The number of halogens is 3. The van der Waals surface area contributed by atoms with Crippen LogP contribution in [0.1, 0.15) is 21.7 Å². The van der Waals surface area contributed by atoms with Gasteiger partial charge in [0.1, 0.15) is 5.69 Å². The lowest BCUT2D eigenvalue weighted by atomic mass is 10.1. The summed E-state index contributed by atoms with van der Waals surface area (Å²) in [6.45, 7) is 0.153. The molecule has 4 rings (SSSR count). The van der Waals surface area contributed by atoms with Crippen molar-refractivity contribution in [2.45, 2.75) is 17.6 Å². The summed E-state index contributed by atoms with van der Waals surface area (Å²) in [6.07, 6.45) is -0.889. The van der Waals surface area contributed by atoms with Gasteiger partial charge >= 0.3 is 6.18 Å². The zero-order valence-corrected chi connectivity index (χ0v) is 19.5. The van der Waals surface area contributed by atoms with Crippen LogP contribution in [0.3, 0.4) is 0 Å². The predicted octanol–water partition coefficient (Wildman–Crippen LogP) is 3.46. The molecular weight excluding hydrogens is 497 g/mol. The molecule has 0 radical (unpaired) electrons. The van der Waals surface area contributed by atoms with Crippen LogP contribution in [0.4, 0.5) is 19.1 Å². The number of sulfone groups is 1. The van der Waals surface area contributed by atoms with Crippen molar-refractivity contribution in [3.63, 3.8) is 0 Å². The number of rotatable bonds is 6. The van der Waals surface area contributed by atoms with Gasteiger partial charge in [0, 0.05) is 36.8 Å². The van der Waals surface area contributed by atoms with Gasteiger partial charge in [-0.05, 0) is 35.4 Å². The average Bonchev–Trinajstić information content (AvgIpc) is 3.31. The highest BCUT2D eigenvalue weighted by Crippen LogP contribution is 2.30. The number of anilines is 1. The Morgan fingerprint density at radius 2 is 1.69 bits per heavy atom. The Kier molecular flexibility index (Phi) is 6.61. The number of amides is 1. The molecule has 3 N–H and O–H groups in total. The molecule has 0 saturated carbocycles. The number of carbonyl (C=O) groups excluding carboxylic acids is 1. The summed E-state index contributed by atoms with van der Waals surface area (Å²) in [4.78, 5) is 21.1. The fraction of sp³-hybridized carbons (Fsp3) is 0.130. The standard InChI is InChI=1S/C23H19F3N6O3S/c1-36(34,35)18-7-5-15(6-8-18)16-12-28-22(29-13-16)30-21(33)19-10-20(23(24,25)26)31-32(19)17-4-2-3-14(9-17)11-27/h2-10,12-13H,11,27H2,1H3,(H,28,29,30,33). The first kappa shape index (κ1) is 25.0. The number of nitrogens with one attached hydrogen (secondary N) is 1. The SMILES string of the molecule is CS(=O)(=O)c1ccc(-c2cnc(NC(=O)c3cc(C(F)(F)F)nn3-c3cccc(CN)c3)nc2)cc1. The Morgan fingerprint density at radius 1 is 1.03 bits per heavy atom. The van der Waals surface area contributed by atoms with E-state index in [2.05, 4.69) is 20.4 Å². The monoisotopic (exact) mass is 516 g/mol. The maximum atomic E-state index is 13.3. The van der Waals surface area contributed by atoms with E-state index in [1.165, 1.54) is 36.7 Å². The molecule has 0 aliphatic rings. The molecular formula is C23H19F3N6O3S. The van der Waals surface area contributed by atoms with Crippen molar-refractivity contribution in [3.8, 4) is 16.8 Å². The fourth-order valence-electron chi connectivity index (χ4n) is 3.30. The molecule has 2 heterocycles. The normalized spacial score (nSPS) is 11.9. The first-order valence-corrected chi connectivity index (χ1v) is 12.3. The van der Waals surface area contributed by atoms with Crippen LogP contribution in [0.15, 0.2) is 71.9 Å². The maximum absolute atomic E-state index is 13.3. The number of carbonyl (C=O) groups is 1. The number of benzene rings is 2. The largest absolute Gasteiger partial charge is 0.435 e. The molecule has 2 aromatic heterocycles. The molecule has 0 aliphatic carbocycles. The van der Waals surface area contributed by atoms with Crippen molar-refractivity contribution < 1.29 is 26.4 Å². The molecule has 186 valence electrons. The number of nitrogens with zero attached hydrogens (tertiary/aromatic N) is 4. The quantitative estimate of drug-likeness (QED) is 0.401. The molecule has 9 nitrogen and oxygen atoms in total. The zero-order chi connectivity index (χ0) is 26.1. The summed E-state index contributed by atoms with van der Waals surface area (Å²) in [5.41, 5.74) is 6.05. The number of hydrogen-bond donors (Lipinski definition) is 2. The molecule has 1 amide bonds. The van der Waals surface area contributed by atoms with Gasteiger partial charge in [-0.3, -0.25) is 10.1 Å². The van der Waals surface area contributed by atoms with Gasteiger partial charge in [0.25, 0.3) is 5.91 Å². The van der Waals surface area contributed by atoms with E-state index in [1.54, 1.807) is 24.3 Å². The number of nitrogens with two attached hydrogens (primary N) is 1. The predicted molar refractivity (Wildman–Crippen MR) is 125 cm³/mol.